The highest BCUT2D eigenvalue weighted by molar-refractivity contribution is 5.84. The number of amides is 1. The second-order valence-electron chi connectivity index (χ2n) is 5.68. The number of carbonyl (C=O) groups is 2. The van der Waals surface area contributed by atoms with Crippen molar-refractivity contribution in [2.24, 2.45) is 5.92 Å². The lowest BCUT2D eigenvalue weighted by atomic mass is 10.0. The number of ether oxygens (including phenoxy) is 1. The van der Waals surface area contributed by atoms with Gasteiger partial charge in [0.1, 0.15) is 6.04 Å². The monoisotopic (exact) mass is 269 g/mol. The van der Waals surface area contributed by atoms with Gasteiger partial charge >= 0.3 is 5.97 Å². The van der Waals surface area contributed by atoms with Crippen LogP contribution in [0.1, 0.15) is 44.9 Å². The van der Waals surface area contributed by atoms with E-state index in [0.717, 1.165) is 6.42 Å². The van der Waals surface area contributed by atoms with Crippen LogP contribution in [0.15, 0.2) is 0 Å². The number of rotatable bonds is 5. The van der Waals surface area contributed by atoms with Crippen molar-refractivity contribution < 1.29 is 19.4 Å². The van der Waals surface area contributed by atoms with Crippen LogP contribution in [0.2, 0.25) is 0 Å². The Kier molecular flexibility index (Phi) is 4.80. The average Bonchev–Trinajstić information content (AvgIpc) is 3.04. The van der Waals surface area contributed by atoms with Crippen molar-refractivity contribution >= 4 is 11.9 Å². The van der Waals surface area contributed by atoms with Gasteiger partial charge in [-0.2, -0.15) is 0 Å². The minimum atomic E-state index is -0.922. The van der Waals surface area contributed by atoms with E-state index >= 15 is 0 Å². The van der Waals surface area contributed by atoms with Crippen molar-refractivity contribution in [3.05, 3.63) is 0 Å². The lowest BCUT2D eigenvalue weighted by Gasteiger charge is -2.22. The molecular weight excluding hydrogens is 246 g/mol. The number of hydrogen-bond acceptors (Lipinski definition) is 3. The SMILES string of the molecule is COC1CC(C(=O)O)N(C(=O)CCC2CCCC2)C1. The lowest BCUT2D eigenvalue weighted by molar-refractivity contribution is -0.148. The van der Waals surface area contributed by atoms with E-state index in [-0.39, 0.29) is 12.0 Å². The number of carboxylic acids is 1. The third-order valence-electron chi connectivity index (χ3n) is 4.44. The van der Waals surface area contributed by atoms with E-state index in [1.54, 1.807) is 7.11 Å². The van der Waals surface area contributed by atoms with E-state index in [4.69, 9.17) is 4.74 Å². The van der Waals surface area contributed by atoms with Crippen molar-refractivity contribution in [3.63, 3.8) is 0 Å². The topological polar surface area (TPSA) is 66.8 Å². The molecule has 1 N–H and O–H groups in total. The van der Waals surface area contributed by atoms with Crippen LogP contribution >= 0.6 is 0 Å². The molecule has 1 saturated heterocycles. The molecule has 0 bridgehead atoms. The first-order valence-electron chi connectivity index (χ1n) is 7.17. The first-order chi connectivity index (χ1) is 9.11. The molecule has 1 aliphatic carbocycles. The zero-order valence-corrected chi connectivity index (χ0v) is 11.5. The molecule has 0 aromatic carbocycles. The number of carbonyl (C=O) groups excluding carboxylic acids is 1. The van der Waals surface area contributed by atoms with Crippen molar-refractivity contribution in [1.29, 1.82) is 0 Å². The summed E-state index contributed by atoms with van der Waals surface area (Å²) in [6, 6.07) is -0.707. The number of likely N-dealkylation sites (tertiary alicyclic amines) is 1. The molecule has 2 unspecified atom stereocenters. The van der Waals surface area contributed by atoms with E-state index in [0.29, 0.717) is 25.3 Å². The van der Waals surface area contributed by atoms with Crippen LogP contribution in [0.5, 0.6) is 0 Å². The van der Waals surface area contributed by atoms with Crippen molar-refractivity contribution in [2.75, 3.05) is 13.7 Å². The zero-order valence-electron chi connectivity index (χ0n) is 11.5. The predicted molar refractivity (Wildman–Crippen MR) is 69.7 cm³/mol. The van der Waals surface area contributed by atoms with Gasteiger partial charge in [-0.05, 0) is 12.3 Å². The summed E-state index contributed by atoms with van der Waals surface area (Å²) < 4.78 is 5.19. The quantitative estimate of drug-likeness (QED) is 0.824. The summed E-state index contributed by atoms with van der Waals surface area (Å²) in [5.41, 5.74) is 0. The normalized spacial score (nSPS) is 27.9. The number of nitrogens with zero attached hydrogens (tertiary/aromatic N) is 1. The number of hydrogen-bond donors (Lipinski definition) is 1. The van der Waals surface area contributed by atoms with Crippen LogP contribution in [-0.2, 0) is 14.3 Å². The molecule has 2 fully saturated rings. The number of carboxylic acid groups (broad SMARTS) is 1. The number of aliphatic carboxylic acids is 1. The molecule has 2 aliphatic rings. The molecule has 108 valence electrons. The van der Waals surface area contributed by atoms with Gasteiger partial charge in [0, 0.05) is 26.5 Å². The summed E-state index contributed by atoms with van der Waals surface area (Å²) in [5.74, 6) is -0.291. The Bertz CT molecular complexity index is 338. The Balaban J connectivity index is 1.87. The molecule has 1 heterocycles. The standard InChI is InChI=1S/C14H23NO4/c1-19-11-8-12(14(17)18)15(9-11)13(16)7-6-10-4-2-3-5-10/h10-12H,2-9H2,1H3,(H,17,18). The van der Waals surface area contributed by atoms with Crippen LogP contribution in [0.3, 0.4) is 0 Å². The molecule has 1 amide bonds. The summed E-state index contributed by atoms with van der Waals surface area (Å²) in [7, 11) is 1.57. The molecule has 5 nitrogen and oxygen atoms in total. The van der Waals surface area contributed by atoms with Gasteiger partial charge in [0.15, 0.2) is 0 Å². The minimum Gasteiger partial charge on any atom is -0.480 e. The summed E-state index contributed by atoms with van der Waals surface area (Å²) in [4.78, 5) is 24.9. The fourth-order valence-electron chi connectivity index (χ4n) is 3.25. The van der Waals surface area contributed by atoms with Gasteiger partial charge in [-0.1, -0.05) is 25.7 Å². The molecule has 5 heteroatoms. The van der Waals surface area contributed by atoms with Crippen LogP contribution < -0.4 is 0 Å². The largest absolute Gasteiger partial charge is 0.480 e. The zero-order chi connectivity index (χ0) is 13.8. The average molecular weight is 269 g/mol. The summed E-state index contributed by atoms with van der Waals surface area (Å²) in [5, 5.41) is 9.18. The maximum absolute atomic E-state index is 12.2. The molecule has 0 aromatic rings. The van der Waals surface area contributed by atoms with Crippen LogP contribution in [0.25, 0.3) is 0 Å². The third kappa shape index (κ3) is 3.47. The van der Waals surface area contributed by atoms with E-state index in [2.05, 4.69) is 0 Å². The van der Waals surface area contributed by atoms with Gasteiger partial charge in [0.2, 0.25) is 5.91 Å². The maximum atomic E-state index is 12.2. The highest BCUT2D eigenvalue weighted by Gasteiger charge is 2.39. The second-order valence-corrected chi connectivity index (χ2v) is 5.68. The number of methoxy groups -OCH3 is 1. The Hall–Kier alpha value is -1.10. The van der Waals surface area contributed by atoms with E-state index in [1.165, 1.54) is 30.6 Å². The fourth-order valence-corrected chi connectivity index (χ4v) is 3.25. The Morgan fingerprint density at radius 2 is 2.00 bits per heavy atom. The molecular formula is C14H23NO4. The van der Waals surface area contributed by atoms with Crippen LogP contribution in [0, 0.1) is 5.92 Å². The van der Waals surface area contributed by atoms with E-state index < -0.39 is 12.0 Å². The van der Waals surface area contributed by atoms with Crippen molar-refractivity contribution in [2.45, 2.75) is 57.1 Å². The Morgan fingerprint density at radius 1 is 1.32 bits per heavy atom. The molecule has 2 atom stereocenters. The Morgan fingerprint density at radius 3 is 2.58 bits per heavy atom. The molecule has 2 rings (SSSR count). The highest BCUT2D eigenvalue weighted by atomic mass is 16.5. The van der Waals surface area contributed by atoms with Crippen molar-refractivity contribution in [1.82, 2.24) is 4.90 Å². The van der Waals surface area contributed by atoms with Crippen molar-refractivity contribution in [3.8, 4) is 0 Å². The molecule has 1 saturated carbocycles. The molecule has 1 aliphatic heterocycles. The van der Waals surface area contributed by atoms with E-state index in [9.17, 15) is 14.7 Å². The lowest BCUT2D eigenvalue weighted by Crippen LogP contribution is -2.40. The van der Waals surface area contributed by atoms with Crippen LogP contribution in [-0.4, -0.2) is 47.7 Å². The van der Waals surface area contributed by atoms with Gasteiger partial charge in [-0.15, -0.1) is 0 Å². The van der Waals surface area contributed by atoms with Gasteiger partial charge < -0.3 is 14.7 Å². The smallest absolute Gasteiger partial charge is 0.326 e. The molecule has 0 spiro atoms. The summed E-state index contributed by atoms with van der Waals surface area (Å²) in [6.07, 6.45) is 6.62. The molecule has 0 radical (unpaired) electrons. The van der Waals surface area contributed by atoms with Gasteiger partial charge in [-0.25, -0.2) is 4.79 Å². The summed E-state index contributed by atoms with van der Waals surface area (Å²) >= 11 is 0. The Labute approximate surface area is 113 Å². The molecule has 0 aromatic heterocycles. The summed E-state index contributed by atoms with van der Waals surface area (Å²) in [6.45, 7) is 0.414. The van der Waals surface area contributed by atoms with Crippen LogP contribution in [0.4, 0.5) is 0 Å². The first-order valence-corrected chi connectivity index (χ1v) is 7.17. The highest BCUT2D eigenvalue weighted by Crippen LogP contribution is 2.29. The predicted octanol–water partition coefficient (Wildman–Crippen LogP) is 1.66. The van der Waals surface area contributed by atoms with Gasteiger partial charge in [0.25, 0.3) is 0 Å². The minimum absolute atomic E-state index is 0.0288. The molecule has 19 heavy (non-hydrogen) atoms. The van der Waals surface area contributed by atoms with Gasteiger partial charge in [-0.3, -0.25) is 4.79 Å². The third-order valence-corrected chi connectivity index (χ3v) is 4.44. The maximum Gasteiger partial charge on any atom is 0.326 e. The first kappa shape index (κ1) is 14.3. The van der Waals surface area contributed by atoms with Gasteiger partial charge in [0.05, 0.1) is 6.10 Å². The van der Waals surface area contributed by atoms with E-state index in [1.807, 2.05) is 0 Å². The second kappa shape index (κ2) is 6.37. The fraction of sp³-hybridized carbons (Fsp3) is 0.857.